The van der Waals surface area contributed by atoms with Crippen LogP contribution in [0.2, 0.25) is 5.02 Å². The second-order valence-electron chi connectivity index (χ2n) is 3.79. The molecule has 19 heavy (non-hydrogen) atoms. The summed E-state index contributed by atoms with van der Waals surface area (Å²) in [6.07, 6.45) is -1.41. The van der Waals surface area contributed by atoms with Crippen molar-refractivity contribution in [2.45, 2.75) is 20.0 Å². The largest absolute Gasteiger partial charge is 0.493 e. The van der Waals surface area contributed by atoms with Crippen molar-refractivity contribution in [2.75, 3.05) is 20.8 Å². The Hall–Kier alpha value is -1.46. The van der Waals surface area contributed by atoms with Crippen LogP contribution < -0.4 is 9.47 Å². The third-order valence-corrected chi connectivity index (χ3v) is 3.16. The molecule has 1 rings (SSSR count). The second-order valence-corrected chi connectivity index (χ2v) is 4.17. The second kappa shape index (κ2) is 6.63. The number of rotatable bonds is 5. The van der Waals surface area contributed by atoms with Crippen LogP contribution in [0.15, 0.2) is 6.07 Å². The highest BCUT2D eigenvalue weighted by atomic mass is 35.5. The Kier molecular flexibility index (Phi) is 5.44. The van der Waals surface area contributed by atoms with Gasteiger partial charge in [-0.1, -0.05) is 11.6 Å². The van der Waals surface area contributed by atoms with Crippen LogP contribution in [0.5, 0.6) is 11.5 Å². The summed E-state index contributed by atoms with van der Waals surface area (Å²) < 4.78 is 15.0. The minimum absolute atomic E-state index is 0.190. The summed E-state index contributed by atoms with van der Waals surface area (Å²) in [5.41, 5.74) is 0.876. The summed E-state index contributed by atoms with van der Waals surface area (Å²) in [7, 11) is 2.91. The Morgan fingerprint density at radius 2 is 2.05 bits per heavy atom. The highest BCUT2D eigenvalue weighted by molar-refractivity contribution is 6.33. The number of ether oxygens (including phenoxy) is 3. The van der Waals surface area contributed by atoms with Gasteiger partial charge in [0.15, 0.2) is 17.6 Å². The number of carbonyl (C=O) groups is 1. The number of carbonyl (C=O) groups excluding carboxylic acids is 1. The molecule has 0 aromatic heterocycles. The number of esters is 1. The lowest BCUT2D eigenvalue weighted by Crippen LogP contribution is -2.16. The van der Waals surface area contributed by atoms with E-state index in [4.69, 9.17) is 25.8 Å². The SMILES string of the molecule is CCOC(=O)C(O)c1cc(OC)c(OC)c(Cl)c1C. The van der Waals surface area contributed by atoms with Gasteiger partial charge in [0.25, 0.3) is 0 Å². The molecule has 1 atom stereocenters. The van der Waals surface area contributed by atoms with Crippen molar-refractivity contribution in [1.29, 1.82) is 0 Å². The van der Waals surface area contributed by atoms with Gasteiger partial charge in [0.1, 0.15) is 0 Å². The number of benzene rings is 1. The molecule has 106 valence electrons. The molecule has 1 aromatic rings. The van der Waals surface area contributed by atoms with Crippen molar-refractivity contribution in [3.63, 3.8) is 0 Å². The van der Waals surface area contributed by atoms with Gasteiger partial charge in [0, 0.05) is 5.56 Å². The molecule has 0 aliphatic rings. The highest BCUT2D eigenvalue weighted by Gasteiger charge is 2.25. The first-order chi connectivity index (χ1) is 8.97. The molecule has 0 saturated carbocycles. The number of halogens is 1. The van der Waals surface area contributed by atoms with Gasteiger partial charge >= 0.3 is 5.97 Å². The monoisotopic (exact) mass is 288 g/mol. The van der Waals surface area contributed by atoms with Crippen LogP contribution in [0, 0.1) is 6.92 Å². The van der Waals surface area contributed by atoms with Gasteiger partial charge in [-0.25, -0.2) is 4.79 Å². The Bertz CT molecular complexity index is 473. The molecule has 1 aromatic carbocycles. The lowest BCUT2D eigenvalue weighted by molar-refractivity contribution is -0.153. The van der Waals surface area contributed by atoms with Crippen LogP contribution in [-0.4, -0.2) is 31.9 Å². The van der Waals surface area contributed by atoms with Crippen LogP contribution >= 0.6 is 11.6 Å². The number of aliphatic hydroxyl groups is 1. The van der Waals surface area contributed by atoms with Crippen molar-refractivity contribution in [3.8, 4) is 11.5 Å². The molecule has 0 amide bonds. The van der Waals surface area contributed by atoms with Crippen LogP contribution in [0.25, 0.3) is 0 Å². The van der Waals surface area contributed by atoms with E-state index >= 15 is 0 Å². The number of hydrogen-bond donors (Lipinski definition) is 1. The van der Waals surface area contributed by atoms with Gasteiger partial charge in [0.2, 0.25) is 0 Å². The molecule has 0 bridgehead atoms. The average molecular weight is 289 g/mol. The fourth-order valence-corrected chi connectivity index (χ4v) is 1.97. The van der Waals surface area contributed by atoms with E-state index in [9.17, 15) is 9.90 Å². The lowest BCUT2D eigenvalue weighted by atomic mass is 10.0. The molecule has 0 fully saturated rings. The Morgan fingerprint density at radius 3 is 2.53 bits per heavy atom. The molecule has 0 heterocycles. The smallest absolute Gasteiger partial charge is 0.339 e. The van der Waals surface area contributed by atoms with E-state index < -0.39 is 12.1 Å². The zero-order valence-corrected chi connectivity index (χ0v) is 12.1. The van der Waals surface area contributed by atoms with Gasteiger partial charge in [-0.2, -0.15) is 0 Å². The van der Waals surface area contributed by atoms with E-state index in [2.05, 4.69) is 0 Å². The Labute approximate surface area is 117 Å². The predicted molar refractivity (Wildman–Crippen MR) is 70.9 cm³/mol. The molecule has 0 spiro atoms. The van der Waals surface area contributed by atoms with E-state index in [1.165, 1.54) is 20.3 Å². The van der Waals surface area contributed by atoms with E-state index in [-0.39, 0.29) is 6.61 Å². The van der Waals surface area contributed by atoms with Gasteiger partial charge in [-0.05, 0) is 25.5 Å². The van der Waals surface area contributed by atoms with Gasteiger partial charge < -0.3 is 19.3 Å². The summed E-state index contributed by atoms with van der Waals surface area (Å²) in [5.74, 6) is -0.0215. The molecular formula is C13H17ClO5. The summed E-state index contributed by atoms with van der Waals surface area (Å²) in [6.45, 7) is 3.54. The zero-order valence-electron chi connectivity index (χ0n) is 11.3. The minimum Gasteiger partial charge on any atom is -0.493 e. The lowest BCUT2D eigenvalue weighted by Gasteiger charge is -2.18. The highest BCUT2D eigenvalue weighted by Crippen LogP contribution is 2.41. The number of hydrogen-bond acceptors (Lipinski definition) is 5. The summed E-state index contributed by atoms with van der Waals surface area (Å²) in [6, 6.07) is 1.52. The predicted octanol–water partition coefficient (Wildman–Crippen LogP) is 2.26. The van der Waals surface area contributed by atoms with Crippen molar-refractivity contribution >= 4 is 17.6 Å². The van der Waals surface area contributed by atoms with Crippen molar-refractivity contribution in [2.24, 2.45) is 0 Å². The van der Waals surface area contributed by atoms with Crippen LogP contribution in [0.4, 0.5) is 0 Å². The van der Waals surface area contributed by atoms with Gasteiger partial charge in [0.05, 0.1) is 25.8 Å². The molecule has 1 unspecified atom stereocenters. The molecular weight excluding hydrogens is 272 g/mol. The molecule has 0 aliphatic heterocycles. The maximum atomic E-state index is 11.6. The topological polar surface area (TPSA) is 65.0 Å². The van der Waals surface area contributed by atoms with Crippen molar-refractivity contribution < 1.29 is 24.1 Å². The van der Waals surface area contributed by atoms with Crippen LogP contribution in [0.3, 0.4) is 0 Å². The molecule has 0 saturated heterocycles. The van der Waals surface area contributed by atoms with E-state index in [0.717, 1.165) is 0 Å². The molecule has 6 heteroatoms. The minimum atomic E-state index is -1.41. The van der Waals surface area contributed by atoms with Crippen molar-refractivity contribution in [1.82, 2.24) is 0 Å². The Balaban J connectivity index is 3.29. The first kappa shape index (κ1) is 15.6. The fourth-order valence-electron chi connectivity index (χ4n) is 1.69. The average Bonchev–Trinajstić information content (AvgIpc) is 2.41. The first-order valence-electron chi connectivity index (χ1n) is 5.73. The normalized spacial score (nSPS) is 11.9. The van der Waals surface area contributed by atoms with Crippen LogP contribution in [0.1, 0.15) is 24.2 Å². The summed E-state index contributed by atoms with van der Waals surface area (Å²) >= 11 is 6.14. The quantitative estimate of drug-likeness (QED) is 0.842. The third-order valence-electron chi connectivity index (χ3n) is 2.70. The zero-order chi connectivity index (χ0) is 14.6. The van der Waals surface area contributed by atoms with Crippen LogP contribution in [-0.2, 0) is 9.53 Å². The van der Waals surface area contributed by atoms with Gasteiger partial charge in [-0.15, -0.1) is 0 Å². The molecule has 0 radical (unpaired) electrons. The van der Waals surface area contributed by atoms with E-state index in [1.807, 2.05) is 0 Å². The fraction of sp³-hybridized carbons (Fsp3) is 0.462. The maximum Gasteiger partial charge on any atom is 0.339 e. The molecule has 1 N–H and O–H groups in total. The number of methoxy groups -OCH3 is 2. The van der Waals surface area contributed by atoms with Gasteiger partial charge in [-0.3, -0.25) is 0 Å². The standard InChI is InChI=1S/C13H17ClO5/c1-5-19-13(16)11(15)8-6-9(17-3)12(18-4)10(14)7(8)2/h6,11,15H,5H2,1-4H3. The summed E-state index contributed by atoms with van der Waals surface area (Å²) in [4.78, 5) is 11.6. The number of aliphatic hydroxyl groups excluding tert-OH is 1. The first-order valence-corrected chi connectivity index (χ1v) is 6.11. The third kappa shape index (κ3) is 3.11. The maximum absolute atomic E-state index is 11.6. The van der Waals surface area contributed by atoms with E-state index in [0.29, 0.717) is 27.6 Å². The summed E-state index contributed by atoms with van der Waals surface area (Å²) in [5, 5.41) is 10.3. The molecule has 0 aliphatic carbocycles. The van der Waals surface area contributed by atoms with Crippen molar-refractivity contribution in [3.05, 3.63) is 22.2 Å². The molecule has 5 nitrogen and oxygen atoms in total. The Morgan fingerprint density at radius 1 is 1.42 bits per heavy atom. The van der Waals surface area contributed by atoms with E-state index in [1.54, 1.807) is 13.8 Å².